The summed E-state index contributed by atoms with van der Waals surface area (Å²) in [5.74, 6) is -0.416. The summed E-state index contributed by atoms with van der Waals surface area (Å²) in [5, 5.41) is 0. The number of fused-ring (bicyclic) bond motifs is 1. The number of hydrogen-bond donors (Lipinski definition) is 0. The Bertz CT molecular complexity index is 607. The van der Waals surface area contributed by atoms with E-state index in [1.165, 1.54) is 7.11 Å². The van der Waals surface area contributed by atoms with Crippen molar-refractivity contribution in [1.82, 2.24) is 0 Å². The van der Waals surface area contributed by atoms with Gasteiger partial charge in [0.05, 0.1) is 17.8 Å². The Morgan fingerprint density at radius 2 is 2.04 bits per heavy atom. The molecule has 23 heavy (non-hydrogen) atoms. The minimum atomic E-state index is -0.376. The molecule has 5 nitrogen and oxygen atoms in total. The van der Waals surface area contributed by atoms with Crippen LogP contribution in [-0.2, 0) is 23.8 Å². The molecular weight excluding hydrogens is 296 g/mol. The highest BCUT2D eigenvalue weighted by molar-refractivity contribution is 6.22. The molecule has 0 N–H and O–H groups in total. The summed E-state index contributed by atoms with van der Waals surface area (Å²) in [5.41, 5.74) is 1.51. The number of Topliss-reactive ketones (excluding diaryl/α,β-unsaturated/α-hetero) is 1. The van der Waals surface area contributed by atoms with Crippen LogP contribution in [0.2, 0.25) is 0 Å². The van der Waals surface area contributed by atoms with E-state index in [9.17, 15) is 9.59 Å². The average molecular weight is 316 g/mol. The Morgan fingerprint density at radius 3 is 2.78 bits per heavy atom. The van der Waals surface area contributed by atoms with Gasteiger partial charge in [-0.2, -0.15) is 0 Å². The third-order valence-corrected chi connectivity index (χ3v) is 4.35. The first-order valence-electron chi connectivity index (χ1n) is 7.82. The number of carbonyl (C=O) groups is 2. The molecule has 1 aliphatic carbocycles. The molecule has 0 aromatic heterocycles. The number of ketones is 1. The highest BCUT2D eigenvalue weighted by atomic mass is 16.6. The van der Waals surface area contributed by atoms with Crippen molar-refractivity contribution in [2.75, 3.05) is 13.7 Å². The number of rotatable bonds is 4. The minimum Gasteiger partial charge on any atom is -0.496 e. The van der Waals surface area contributed by atoms with E-state index in [0.717, 1.165) is 5.56 Å². The minimum absolute atomic E-state index is 0.0531. The van der Waals surface area contributed by atoms with E-state index >= 15 is 0 Å². The zero-order valence-electron chi connectivity index (χ0n) is 13.1. The van der Waals surface area contributed by atoms with Gasteiger partial charge in [-0.3, -0.25) is 4.79 Å². The van der Waals surface area contributed by atoms with Crippen LogP contribution in [0.1, 0.15) is 24.8 Å². The van der Waals surface area contributed by atoms with Gasteiger partial charge in [0, 0.05) is 13.5 Å². The average Bonchev–Trinajstić information content (AvgIpc) is 2.56. The molecule has 0 bridgehead atoms. The van der Waals surface area contributed by atoms with Crippen LogP contribution in [0.4, 0.5) is 0 Å². The van der Waals surface area contributed by atoms with Crippen LogP contribution in [-0.4, -0.2) is 37.7 Å². The Morgan fingerprint density at radius 1 is 1.26 bits per heavy atom. The molecule has 3 atom stereocenters. The maximum Gasteiger partial charge on any atom is 0.332 e. The molecule has 1 aromatic rings. The molecule has 3 rings (SSSR count). The van der Waals surface area contributed by atoms with Crippen LogP contribution in [0.3, 0.4) is 0 Å². The van der Waals surface area contributed by atoms with Gasteiger partial charge in [-0.05, 0) is 18.4 Å². The standard InChI is InChI=1S/C18H20O5/c1-21-11-17(19)23-13-7-8-14-16(9-13)22-10-15(18(14)20)12-5-3-2-4-6-12/h2-6,10,13-14,16H,7-9,11H2,1H3. The number of esters is 1. The van der Waals surface area contributed by atoms with Crippen molar-refractivity contribution < 1.29 is 23.8 Å². The molecule has 0 radical (unpaired) electrons. The van der Waals surface area contributed by atoms with Gasteiger partial charge < -0.3 is 14.2 Å². The number of allylic oxidation sites excluding steroid dienone is 1. The quantitative estimate of drug-likeness (QED) is 0.798. The summed E-state index contributed by atoms with van der Waals surface area (Å²) >= 11 is 0. The van der Waals surface area contributed by atoms with Crippen molar-refractivity contribution in [3.05, 3.63) is 42.2 Å². The van der Waals surface area contributed by atoms with Crippen LogP contribution in [0.5, 0.6) is 0 Å². The van der Waals surface area contributed by atoms with Gasteiger partial charge in [0.25, 0.3) is 0 Å². The summed E-state index contributed by atoms with van der Waals surface area (Å²) in [6, 6.07) is 9.54. The molecule has 0 amide bonds. The second-order valence-electron chi connectivity index (χ2n) is 5.90. The van der Waals surface area contributed by atoms with Crippen LogP contribution >= 0.6 is 0 Å². The molecule has 2 aliphatic rings. The second-order valence-corrected chi connectivity index (χ2v) is 5.90. The van der Waals surface area contributed by atoms with Crippen molar-refractivity contribution in [3.8, 4) is 0 Å². The van der Waals surface area contributed by atoms with Gasteiger partial charge in [-0.1, -0.05) is 30.3 Å². The number of hydrogen-bond acceptors (Lipinski definition) is 5. The lowest BCUT2D eigenvalue weighted by Gasteiger charge is -2.37. The van der Waals surface area contributed by atoms with Crippen LogP contribution < -0.4 is 0 Å². The summed E-state index contributed by atoms with van der Waals surface area (Å²) < 4.78 is 15.9. The lowest BCUT2D eigenvalue weighted by molar-refractivity contribution is -0.158. The van der Waals surface area contributed by atoms with Gasteiger partial charge in [0.2, 0.25) is 0 Å². The van der Waals surface area contributed by atoms with Crippen molar-refractivity contribution in [2.45, 2.75) is 31.5 Å². The highest BCUT2D eigenvalue weighted by Crippen LogP contribution is 2.37. The monoisotopic (exact) mass is 316 g/mol. The lowest BCUT2D eigenvalue weighted by atomic mass is 9.78. The maximum atomic E-state index is 12.7. The van der Waals surface area contributed by atoms with Gasteiger partial charge >= 0.3 is 5.97 Å². The number of carbonyl (C=O) groups excluding carboxylic acids is 2. The normalized spacial score (nSPS) is 26.7. The fourth-order valence-electron chi connectivity index (χ4n) is 3.23. The lowest BCUT2D eigenvalue weighted by Crippen LogP contribution is -2.42. The molecule has 1 aliphatic heterocycles. The number of methoxy groups -OCH3 is 1. The molecular formula is C18H20O5. The Labute approximate surface area is 135 Å². The van der Waals surface area contributed by atoms with Crippen molar-refractivity contribution in [3.63, 3.8) is 0 Å². The van der Waals surface area contributed by atoms with Crippen LogP contribution in [0.15, 0.2) is 36.6 Å². The molecule has 0 spiro atoms. The van der Waals surface area contributed by atoms with E-state index in [-0.39, 0.29) is 36.5 Å². The molecule has 122 valence electrons. The predicted molar refractivity (Wildman–Crippen MR) is 83.4 cm³/mol. The van der Waals surface area contributed by atoms with E-state index in [4.69, 9.17) is 14.2 Å². The third kappa shape index (κ3) is 3.45. The van der Waals surface area contributed by atoms with E-state index in [1.807, 2.05) is 30.3 Å². The van der Waals surface area contributed by atoms with E-state index in [2.05, 4.69) is 0 Å². The maximum absolute atomic E-state index is 12.7. The van der Waals surface area contributed by atoms with Crippen molar-refractivity contribution >= 4 is 17.3 Å². The molecule has 0 saturated heterocycles. The number of ether oxygens (including phenoxy) is 3. The molecule has 5 heteroatoms. The van der Waals surface area contributed by atoms with Gasteiger partial charge in [0.15, 0.2) is 5.78 Å². The second kappa shape index (κ2) is 6.96. The molecule has 1 fully saturated rings. The summed E-state index contributed by atoms with van der Waals surface area (Å²) in [6.45, 7) is -0.0531. The van der Waals surface area contributed by atoms with E-state index < -0.39 is 0 Å². The molecule has 1 saturated carbocycles. The van der Waals surface area contributed by atoms with Crippen LogP contribution in [0, 0.1) is 5.92 Å². The Hall–Kier alpha value is -2.14. The highest BCUT2D eigenvalue weighted by Gasteiger charge is 2.41. The van der Waals surface area contributed by atoms with Crippen molar-refractivity contribution in [1.29, 1.82) is 0 Å². The summed E-state index contributed by atoms with van der Waals surface area (Å²) in [4.78, 5) is 24.2. The van der Waals surface area contributed by atoms with Gasteiger partial charge in [-0.15, -0.1) is 0 Å². The first-order valence-corrected chi connectivity index (χ1v) is 7.82. The largest absolute Gasteiger partial charge is 0.496 e. The van der Waals surface area contributed by atoms with Crippen LogP contribution in [0.25, 0.3) is 5.57 Å². The zero-order valence-corrected chi connectivity index (χ0v) is 13.1. The predicted octanol–water partition coefficient (Wildman–Crippen LogP) is 2.35. The van der Waals surface area contributed by atoms with Gasteiger partial charge in [0.1, 0.15) is 18.8 Å². The van der Waals surface area contributed by atoms with E-state index in [1.54, 1.807) is 6.26 Å². The topological polar surface area (TPSA) is 61.8 Å². The number of benzene rings is 1. The van der Waals surface area contributed by atoms with E-state index in [0.29, 0.717) is 24.8 Å². The first-order chi connectivity index (χ1) is 11.2. The Kier molecular flexibility index (Phi) is 4.76. The molecule has 1 heterocycles. The fourth-order valence-corrected chi connectivity index (χ4v) is 3.23. The fraction of sp³-hybridized carbons (Fsp3) is 0.444. The first kappa shape index (κ1) is 15.7. The molecule has 3 unspecified atom stereocenters. The smallest absolute Gasteiger partial charge is 0.332 e. The zero-order chi connectivity index (χ0) is 16.2. The summed E-state index contributed by atoms with van der Waals surface area (Å²) in [6.07, 6.45) is 3.01. The van der Waals surface area contributed by atoms with Gasteiger partial charge in [-0.25, -0.2) is 4.79 Å². The van der Waals surface area contributed by atoms with Crippen molar-refractivity contribution in [2.24, 2.45) is 5.92 Å². The molecule has 1 aromatic carbocycles. The summed E-state index contributed by atoms with van der Waals surface area (Å²) in [7, 11) is 1.46. The third-order valence-electron chi connectivity index (χ3n) is 4.35. The SMILES string of the molecule is COCC(=O)OC1CCC2C(=O)C(c3ccccc3)=COC2C1. The Balaban J connectivity index is 1.67.